The molecule has 144 valence electrons. The lowest BCUT2D eigenvalue weighted by Crippen LogP contribution is -2.23. The van der Waals surface area contributed by atoms with Gasteiger partial charge in [0.2, 0.25) is 5.88 Å². The molecule has 0 saturated heterocycles. The van der Waals surface area contributed by atoms with Crippen LogP contribution in [0.2, 0.25) is 0 Å². The van der Waals surface area contributed by atoms with Crippen LogP contribution in [0.1, 0.15) is 48.2 Å². The second-order valence-corrected chi connectivity index (χ2v) is 6.88. The number of aromatic nitrogens is 3. The van der Waals surface area contributed by atoms with E-state index in [1.165, 1.54) is 19.3 Å². The third-order valence-corrected chi connectivity index (χ3v) is 4.78. The second kappa shape index (κ2) is 8.65. The second-order valence-electron chi connectivity index (χ2n) is 6.88. The highest BCUT2D eigenvalue weighted by molar-refractivity contribution is 5.93. The Morgan fingerprint density at radius 1 is 1.18 bits per heavy atom. The molecule has 1 saturated carbocycles. The van der Waals surface area contributed by atoms with Gasteiger partial charge in [-0.25, -0.2) is 4.98 Å². The molecule has 1 amide bonds. The molecule has 3 heterocycles. The quantitative estimate of drug-likeness (QED) is 0.702. The molecular formula is C21H22N4O3. The Hall–Kier alpha value is -3.22. The first kappa shape index (κ1) is 18.2. The van der Waals surface area contributed by atoms with E-state index in [4.69, 9.17) is 9.26 Å². The number of rotatable bonds is 6. The van der Waals surface area contributed by atoms with Crippen molar-refractivity contribution in [3.63, 3.8) is 0 Å². The Kier molecular flexibility index (Phi) is 5.61. The molecule has 0 aromatic carbocycles. The van der Waals surface area contributed by atoms with Crippen molar-refractivity contribution in [3.8, 4) is 17.2 Å². The van der Waals surface area contributed by atoms with E-state index in [0.29, 0.717) is 18.2 Å². The molecule has 28 heavy (non-hydrogen) atoms. The highest BCUT2D eigenvalue weighted by Gasteiger charge is 2.16. The first-order valence-electron chi connectivity index (χ1n) is 9.55. The summed E-state index contributed by atoms with van der Waals surface area (Å²) in [4.78, 5) is 20.7. The molecule has 0 bridgehead atoms. The zero-order valence-electron chi connectivity index (χ0n) is 15.5. The van der Waals surface area contributed by atoms with Gasteiger partial charge in [0, 0.05) is 42.8 Å². The number of pyridine rings is 2. The summed E-state index contributed by atoms with van der Waals surface area (Å²) in [5.41, 5.74) is 1.92. The Morgan fingerprint density at radius 2 is 2.07 bits per heavy atom. The minimum Gasteiger partial charge on any atom is -0.474 e. The number of hydrogen-bond acceptors (Lipinski definition) is 6. The normalized spacial score (nSPS) is 14.6. The van der Waals surface area contributed by atoms with Crippen LogP contribution in [-0.2, 0) is 6.54 Å². The Bertz CT molecular complexity index is 920. The third-order valence-electron chi connectivity index (χ3n) is 4.78. The van der Waals surface area contributed by atoms with Crippen LogP contribution >= 0.6 is 0 Å². The van der Waals surface area contributed by atoms with Crippen LogP contribution in [0.25, 0.3) is 11.3 Å². The first-order valence-corrected chi connectivity index (χ1v) is 9.55. The van der Waals surface area contributed by atoms with E-state index in [-0.39, 0.29) is 17.7 Å². The summed E-state index contributed by atoms with van der Waals surface area (Å²) < 4.78 is 11.2. The van der Waals surface area contributed by atoms with E-state index < -0.39 is 0 Å². The van der Waals surface area contributed by atoms with Gasteiger partial charge in [0.15, 0.2) is 11.5 Å². The van der Waals surface area contributed by atoms with Crippen molar-refractivity contribution in [1.82, 2.24) is 20.4 Å². The average Bonchev–Trinajstić information content (AvgIpc) is 3.24. The number of amides is 1. The Balaban J connectivity index is 1.34. The minimum absolute atomic E-state index is 0.228. The van der Waals surface area contributed by atoms with Gasteiger partial charge in [0.05, 0.1) is 0 Å². The van der Waals surface area contributed by atoms with Crippen molar-refractivity contribution < 1.29 is 14.1 Å². The highest BCUT2D eigenvalue weighted by atomic mass is 16.5. The lowest BCUT2D eigenvalue weighted by molar-refractivity contribution is 0.0941. The lowest BCUT2D eigenvalue weighted by Gasteiger charge is -2.22. The van der Waals surface area contributed by atoms with E-state index in [1.807, 2.05) is 18.2 Å². The molecule has 1 aliphatic rings. The summed E-state index contributed by atoms with van der Waals surface area (Å²) in [6, 6.07) is 8.99. The molecule has 3 aromatic rings. The molecule has 0 radical (unpaired) electrons. The molecule has 0 atom stereocenters. The van der Waals surface area contributed by atoms with Gasteiger partial charge in [-0.1, -0.05) is 11.6 Å². The maximum atomic E-state index is 12.4. The zero-order chi connectivity index (χ0) is 19.2. The minimum atomic E-state index is -0.301. The smallest absolute Gasteiger partial charge is 0.273 e. The van der Waals surface area contributed by atoms with Gasteiger partial charge < -0.3 is 14.6 Å². The van der Waals surface area contributed by atoms with Crippen LogP contribution in [0.5, 0.6) is 5.88 Å². The van der Waals surface area contributed by atoms with Gasteiger partial charge in [0.1, 0.15) is 6.10 Å². The standard InChI is InChI=1S/C21H22N4O3/c26-21(18-12-19(28-25-18)16-5-4-9-22-14-16)24-13-15-8-10-23-20(11-15)27-17-6-2-1-3-7-17/h4-5,8-12,14,17H,1-3,6-7,13H2,(H,24,26). The molecule has 0 unspecified atom stereocenters. The van der Waals surface area contributed by atoms with Gasteiger partial charge in [-0.3, -0.25) is 9.78 Å². The third kappa shape index (κ3) is 4.54. The van der Waals surface area contributed by atoms with Crippen LogP contribution in [0.3, 0.4) is 0 Å². The Morgan fingerprint density at radius 3 is 2.89 bits per heavy atom. The fourth-order valence-electron chi connectivity index (χ4n) is 3.28. The Labute approximate surface area is 163 Å². The van der Waals surface area contributed by atoms with Gasteiger partial charge in [-0.2, -0.15) is 0 Å². The summed E-state index contributed by atoms with van der Waals surface area (Å²) in [7, 11) is 0. The monoisotopic (exact) mass is 378 g/mol. The number of carbonyl (C=O) groups excluding carboxylic acids is 1. The molecule has 0 spiro atoms. The van der Waals surface area contributed by atoms with Crippen molar-refractivity contribution >= 4 is 5.91 Å². The number of nitrogens with zero attached hydrogens (tertiary/aromatic N) is 3. The predicted molar refractivity (Wildman–Crippen MR) is 103 cm³/mol. The van der Waals surface area contributed by atoms with E-state index in [1.54, 1.807) is 30.7 Å². The SMILES string of the molecule is O=C(NCc1ccnc(OC2CCCCC2)c1)c1cc(-c2cccnc2)on1. The molecule has 3 aromatic heterocycles. The largest absolute Gasteiger partial charge is 0.474 e. The van der Waals surface area contributed by atoms with Crippen molar-refractivity contribution in [2.75, 3.05) is 0 Å². The number of ether oxygens (including phenoxy) is 1. The fraction of sp³-hybridized carbons (Fsp3) is 0.333. The maximum Gasteiger partial charge on any atom is 0.273 e. The predicted octanol–water partition coefficient (Wildman–Crippen LogP) is 3.77. The van der Waals surface area contributed by atoms with E-state index in [2.05, 4.69) is 20.4 Å². The van der Waals surface area contributed by atoms with E-state index >= 15 is 0 Å². The first-order chi connectivity index (χ1) is 13.8. The molecule has 7 nitrogen and oxygen atoms in total. The number of hydrogen-bond donors (Lipinski definition) is 1. The zero-order valence-corrected chi connectivity index (χ0v) is 15.5. The lowest BCUT2D eigenvalue weighted by atomic mass is 9.98. The summed E-state index contributed by atoms with van der Waals surface area (Å²) in [5, 5.41) is 6.70. The van der Waals surface area contributed by atoms with Crippen molar-refractivity contribution in [1.29, 1.82) is 0 Å². The molecule has 0 aliphatic heterocycles. The van der Waals surface area contributed by atoms with Crippen molar-refractivity contribution in [2.45, 2.75) is 44.8 Å². The van der Waals surface area contributed by atoms with Crippen LogP contribution in [0.15, 0.2) is 53.4 Å². The van der Waals surface area contributed by atoms with Crippen molar-refractivity contribution in [2.24, 2.45) is 0 Å². The molecule has 1 fully saturated rings. The highest BCUT2D eigenvalue weighted by Crippen LogP contribution is 2.23. The van der Waals surface area contributed by atoms with E-state index in [0.717, 1.165) is 24.0 Å². The molecule has 1 aliphatic carbocycles. The van der Waals surface area contributed by atoms with E-state index in [9.17, 15) is 4.79 Å². The van der Waals surface area contributed by atoms with Crippen LogP contribution < -0.4 is 10.1 Å². The molecular weight excluding hydrogens is 356 g/mol. The fourth-order valence-corrected chi connectivity index (χ4v) is 3.28. The summed E-state index contributed by atoms with van der Waals surface area (Å²) in [6.45, 7) is 0.359. The maximum absolute atomic E-state index is 12.4. The van der Waals surface area contributed by atoms with Gasteiger partial charge in [-0.05, 0) is 49.4 Å². The summed E-state index contributed by atoms with van der Waals surface area (Å²) in [6.07, 6.45) is 11.1. The topological polar surface area (TPSA) is 90.1 Å². The summed E-state index contributed by atoms with van der Waals surface area (Å²) >= 11 is 0. The van der Waals surface area contributed by atoms with Gasteiger partial charge in [0.25, 0.3) is 5.91 Å². The van der Waals surface area contributed by atoms with Crippen LogP contribution in [0.4, 0.5) is 0 Å². The molecule has 7 heteroatoms. The number of nitrogens with one attached hydrogen (secondary N) is 1. The number of carbonyl (C=O) groups is 1. The van der Waals surface area contributed by atoms with Gasteiger partial charge in [-0.15, -0.1) is 0 Å². The average molecular weight is 378 g/mol. The van der Waals surface area contributed by atoms with Crippen molar-refractivity contribution in [3.05, 3.63) is 60.2 Å². The van der Waals surface area contributed by atoms with Crippen LogP contribution in [0, 0.1) is 0 Å². The van der Waals surface area contributed by atoms with Gasteiger partial charge >= 0.3 is 0 Å². The molecule has 4 rings (SSSR count). The van der Waals surface area contributed by atoms with Crippen LogP contribution in [-0.4, -0.2) is 27.1 Å². The molecule has 1 N–H and O–H groups in total. The summed E-state index contributed by atoms with van der Waals surface area (Å²) in [5.74, 6) is 0.815.